The van der Waals surface area contributed by atoms with E-state index in [2.05, 4.69) is 33.2 Å². The van der Waals surface area contributed by atoms with E-state index in [9.17, 15) is 0 Å². The second-order valence-electron chi connectivity index (χ2n) is 4.59. The van der Waals surface area contributed by atoms with Crippen molar-refractivity contribution in [3.8, 4) is 5.75 Å². The SMILES string of the molecule is CCOc1c(Br)cc(Cl)cc1NC1CCN(C)C1. The fourth-order valence-corrected chi connectivity index (χ4v) is 3.16. The van der Waals surface area contributed by atoms with Crippen molar-refractivity contribution < 1.29 is 4.74 Å². The molecule has 1 aliphatic rings. The third kappa shape index (κ3) is 3.31. The number of hydrogen-bond acceptors (Lipinski definition) is 3. The Morgan fingerprint density at radius 1 is 1.56 bits per heavy atom. The van der Waals surface area contributed by atoms with Crippen LogP contribution in [-0.2, 0) is 0 Å². The molecule has 0 bridgehead atoms. The third-order valence-corrected chi connectivity index (χ3v) is 3.86. The molecule has 1 fully saturated rings. The van der Waals surface area contributed by atoms with Gasteiger partial charge in [-0.05, 0) is 55.0 Å². The molecule has 100 valence electrons. The van der Waals surface area contributed by atoms with E-state index < -0.39 is 0 Å². The van der Waals surface area contributed by atoms with E-state index in [1.807, 2.05) is 19.1 Å². The molecule has 1 aliphatic heterocycles. The molecule has 0 saturated carbocycles. The topological polar surface area (TPSA) is 24.5 Å². The number of likely N-dealkylation sites (N-methyl/N-ethyl adjacent to an activating group) is 1. The summed E-state index contributed by atoms with van der Waals surface area (Å²) in [6.07, 6.45) is 1.15. The van der Waals surface area contributed by atoms with E-state index in [1.165, 1.54) is 0 Å². The first-order valence-corrected chi connectivity index (χ1v) is 7.34. The lowest BCUT2D eigenvalue weighted by Crippen LogP contribution is -2.23. The van der Waals surface area contributed by atoms with E-state index in [-0.39, 0.29) is 0 Å². The van der Waals surface area contributed by atoms with Gasteiger partial charge in [0.1, 0.15) is 0 Å². The first kappa shape index (κ1) is 14.0. The molecule has 1 unspecified atom stereocenters. The van der Waals surface area contributed by atoms with Crippen LogP contribution in [0.1, 0.15) is 13.3 Å². The molecule has 0 radical (unpaired) electrons. The van der Waals surface area contributed by atoms with E-state index in [4.69, 9.17) is 16.3 Å². The van der Waals surface area contributed by atoms with Crippen LogP contribution in [-0.4, -0.2) is 37.7 Å². The summed E-state index contributed by atoms with van der Waals surface area (Å²) in [4.78, 5) is 2.32. The van der Waals surface area contributed by atoms with Crippen molar-refractivity contribution in [1.82, 2.24) is 4.90 Å². The highest BCUT2D eigenvalue weighted by Crippen LogP contribution is 2.37. The van der Waals surface area contributed by atoms with E-state index in [1.54, 1.807) is 0 Å². The Morgan fingerprint density at radius 2 is 2.33 bits per heavy atom. The van der Waals surface area contributed by atoms with Crippen molar-refractivity contribution in [2.24, 2.45) is 0 Å². The fraction of sp³-hybridized carbons (Fsp3) is 0.538. The maximum absolute atomic E-state index is 6.10. The maximum Gasteiger partial charge on any atom is 0.156 e. The Labute approximate surface area is 122 Å². The van der Waals surface area contributed by atoms with Gasteiger partial charge in [-0.25, -0.2) is 0 Å². The summed E-state index contributed by atoms with van der Waals surface area (Å²) in [6, 6.07) is 4.24. The Morgan fingerprint density at radius 3 is 2.94 bits per heavy atom. The van der Waals surface area contributed by atoms with E-state index in [0.717, 1.165) is 35.4 Å². The highest BCUT2D eigenvalue weighted by atomic mass is 79.9. The molecule has 1 saturated heterocycles. The van der Waals surface area contributed by atoms with Crippen molar-refractivity contribution in [3.05, 3.63) is 21.6 Å². The van der Waals surface area contributed by atoms with E-state index >= 15 is 0 Å². The van der Waals surface area contributed by atoms with Gasteiger partial charge in [-0.3, -0.25) is 0 Å². The minimum Gasteiger partial charge on any atom is -0.491 e. The molecule has 0 aliphatic carbocycles. The molecule has 1 atom stereocenters. The van der Waals surface area contributed by atoms with Crippen LogP contribution in [0.3, 0.4) is 0 Å². The molecule has 3 nitrogen and oxygen atoms in total. The summed E-state index contributed by atoms with van der Waals surface area (Å²) in [5.41, 5.74) is 0.969. The lowest BCUT2D eigenvalue weighted by atomic mass is 10.2. The van der Waals surface area contributed by atoms with Gasteiger partial charge < -0.3 is 15.0 Å². The van der Waals surface area contributed by atoms with Crippen LogP contribution in [0.25, 0.3) is 0 Å². The maximum atomic E-state index is 6.10. The van der Waals surface area contributed by atoms with Crippen LogP contribution in [0.5, 0.6) is 5.75 Å². The minimum absolute atomic E-state index is 0.458. The van der Waals surface area contributed by atoms with Crippen LogP contribution >= 0.6 is 27.5 Å². The van der Waals surface area contributed by atoms with Gasteiger partial charge in [0.2, 0.25) is 0 Å². The largest absolute Gasteiger partial charge is 0.491 e. The lowest BCUT2D eigenvalue weighted by Gasteiger charge is -2.19. The van der Waals surface area contributed by atoms with E-state index in [0.29, 0.717) is 17.7 Å². The number of nitrogens with zero attached hydrogens (tertiary/aromatic N) is 1. The average molecular weight is 334 g/mol. The normalized spacial score (nSPS) is 20.1. The summed E-state index contributed by atoms with van der Waals surface area (Å²) in [7, 11) is 2.14. The predicted molar refractivity (Wildman–Crippen MR) is 79.8 cm³/mol. The smallest absolute Gasteiger partial charge is 0.156 e. The zero-order valence-corrected chi connectivity index (χ0v) is 13.0. The molecule has 18 heavy (non-hydrogen) atoms. The number of halogens is 2. The Bertz CT molecular complexity index is 428. The molecule has 0 spiro atoms. The fourth-order valence-electron chi connectivity index (χ4n) is 2.23. The number of nitrogens with one attached hydrogen (secondary N) is 1. The van der Waals surface area contributed by atoms with Gasteiger partial charge in [0.05, 0.1) is 16.8 Å². The second-order valence-corrected chi connectivity index (χ2v) is 5.88. The highest BCUT2D eigenvalue weighted by molar-refractivity contribution is 9.10. The molecular weight excluding hydrogens is 316 g/mol. The summed E-state index contributed by atoms with van der Waals surface area (Å²) in [5.74, 6) is 0.844. The van der Waals surface area contributed by atoms with Crippen molar-refractivity contribution in [2.75, 3.05) is 32.1 Å². The Hall–Kier alpha value is -0.450. The quantitative estimate of drug-likeness (QED) is 0.911. The molecule has 2 rings (SSSR count). The number of hydrogen-bond donors (Lipinski definition) is 1. The number of benzene rings is 1. The zero-order valence-electron chi connectivity index (χ0n) is 10.7. The highest BCUT2D eigenvalue weighted by Gasteiger charge is 2.21. The first-order valence-electron chi connectivity index (χ1n) is 6.17. The molecule has 5 heteroatoms. The van der Waals surface area contributed by atoms with Gasteiger partial charge in [0.25, 0.3) is 0 Å². The van der Waals surface area contributed by atoms with Gasteiger partial charge in [0.15, 0.2) is 5.75 Å². The predicted octanol–water partition coefficient (Wildman–Crippen LogP) is 3.62. The Kier molecular flexibility index (Phi) is 4.76. The molecular formula is C13H18BrClN2O. The summed E-state index contributed by atoms with van der Waals surface area (Å²) < 4.78 is 6.57. The zero-order chi connectivity index (χ0) is 13.1. The minimum atomic E-state index is 0.458. The van der Waals surface area contributed by atoms with Crippen molar-refractivity contribution in [2.45, 2.75) is 19.4 Å². The third-order valence-electron chi connectivity index (χ3n) is 3.05. The Balaban J connectivity index is 2.19. The summed E-state index contributed by atoms with van der Waals surface area (Å²) >= 11 is 9.60. The first-order chi connectivity index (χ1) is 8.60. The van der Waals surface area contributed by atoms with Crippen LogP contribution < -0.4 is 10.1 Å². The molecule has 1 aromatic carbocycles. The lowest BCUT2D eigenvalue weighted by molar-refractivity contribution is 0.339. The number of likely N-dealkylation sites (tertiary alicyclic amines) is 1. The van der Waals surface area contributed by atoms with Crippen molar-refractivity contribution in [1.29, 1.82) is 0 Å². The van der Waals surface area contributed by atoms with Gasteiger partial charge >= 0.3 is 0 Å². The van der Waals surface area contributed by atoms with Crippen LogP contribution in [0.2, 0.25) is 5.02 Å². The van der Waals surface area contributed by atoms with Crippen LogP contribution in [0.15, 0.2) is 16.6 Å². The van der Waals surface area contributed by atoms with Gasteiger partial charge in [-0.1, -0.05) is 11.6 Å². The van der Waals surface area contributed by atoms with Crippen molar-refractivity contribution >= 4 is 33.2 Å². The molecule has 1 N–H and O–H groups in total. The monoisotopic (exact) mass is 332 g/mol. The summed E-state index contributed by atoms with van der Waals surface area (Å²) in [6.45, 7) is 4.80. The number of ether oxygens (including phenoxy) is 1. The van der Waals surface area contributed by atoms with Crippen LogP contribution in [0, 0.1) is 0 Å². The van der Waals surface area contributed by atoms with Gasteiger partial charge in [-0.2, -0.15) is 0 Å². The standard InChI is InChI=1S/C13H18BrClN2O/c1-3-18-13-11(14)6-9(15)7-12(13)16-10-4-5-17(2)8-10/h6-7,10,16H,3-5,8H2,1-2H3. The average Bonchev–Trinajstić information content (AvgIpc) is 2.69. The molecule has 1 aromatic rings. The molecule has 0 aromatic heterocycles. The number of anilines is 1. The van der Waals surface area contributed by atoms with Gasteiger partial charge in [-0.15, -0.1) is 0 Å². The van der Waals surface area contributed by atoms with Crippen molar-refractivity contribution in [3.63, 3.8) is 0 Å². The second kappa shape index (κ2) is 6.13. The molecule has 1 heterocycles. The number of rotatable bonds is 4. The van der Waals surface area contributed by atoms with Gasteiger partial charge in [0, 0.05) is 17.6 Å². The van der Waals surface area contributed by atoms with Crippen LogP contribution in [0.4, 0.5) is 5.69 Å². The molecule has 0 amide bonds. The summed E-state index contributed by atoms with van der Waals surface area (Å²) in [5, 5.41) is 4.23.